The van der Waals surface area contributed by atoms with Gasteiger partial charge in [0.1, 0.15) is 40.7 Å². The molecule has 0 aliphatic carbocycles. The Morgan fingerprint density at radius 1 is 1.13 bits per heavy atom. The summed E-state index contributed by atoms with van der Waals surface area (Å²) in [6.07, 6.45) is 0. The Balaban J connectivity index is 2.91. The number of hydrogen-bond acceptors (Lipinski definition) is 7. The van der Waals surface area contributed by atoms with Crippen LogP contribution in [0.2, 0.25) is 0 Å². The molecule has 9 nitrogen and oxygen atoms in total. The van der Waals surface area contributed by atoms with E-state index in [0.717, 1.165) is 12.1 Å². The maximum atomic E-state index is 11.8. The molecule has 1 aromatic heterocycles. The topological polar surface area (TPSA) is 173 Å². The number of aromatic amines is 1. The Hall–Kier alpha value is -4.16. The standard InChI is InChI=1S/C14H6N6O3/c15-4-8-3-7(1-2-11(8)20(22)23)12-9(5-16)13(18)19-14(21)10(12)6-17/h1-3H,(H3,18,19,21). The number of nitrogens with zero attached hydrogens (tertiary/aromatic N) is 4. The lowest BCUT2D eigenvalue weighted by Gasteiger charge is -2.09. The van der Waals surface area contributed by atoms with E-state index >= 15 is 0 Å². The minimum atomic E-state index is -0.795. The molecular weight excluding hydrogens is 300 g/mol. The van der Waals surface area contributed by atoms with Crippen molar-refractivity contribution >= 4 is 11.5 Å². The summed E-state index contributed by atoms with van der Waals surface area (Å²) in [5.74, 6) is -0.233. The van der Waals surface area contributed by atoms with E-state index in [0.29, 0.717) is 0 Å². The molecule has 0 fully saturated rings. The van der Waals surface area contributed by atoms with Crippen molar-refractivity contribution in [2.75, 3.05) is 5.73 Å². The summed E-state index contributed by atoms with van der Waals surface area (Å²) in [7, 11) is 0. The number of H-pyrrole nitrogens is 1. The minimum absolute atomic E-state index is 0.0670. The van der Waals surface area contributed by atoms with Gasteiger partial charge in [-0.1, -0.05) is 0 Å². The fraction of sp³-hybridized carbons (Fsp3) is 0. The van der Waals surface area contributed by atoms with Gasteiger partial charge in [0.2, 0.25) is 0 Å². The van der Waals surface area contributed by atoms with Crippen molar-refractivity contribution in [2.45, 2.75) is 0 Å². The third-order valence-corrected chi connectivity index (χ3v) is 3.07. The number of nitro groups is 1. The Bertz CT molecular complexity index is 1020. The largest absolute Gasteiger partial charge is 0.384 e. The normalized spacial score (nSPS) is 9.43. The quantitative estimate of drug-likeness (QED) is 0.617. The molecule has 2 aromatic rings. The van der Waals surface area contributed by atoms with Crippen LogP contribution in [0.15, 0.2) is 23.0 Å². The van der Waals surface area contributed by atoms with E-state index in [1.54, 1.807) is 18.2 Å². The molecule has 0 aliphatic heterocycles. The fourth-order valence-corrected chi connectivity index (χ4v) is 2.07. The predicted molar refractivity (Wildman–Crippen MR) is 77.7 cm³/mol. The van der Waals surface area contributed by atoms with Crippen molar-refractivity contribution in [1.29, 1.82) is 15.8 Å². The summed E-state index contributed by atoms with van der Waals surface area (Å²) in [4.78, 5) is 24.1. The second kappa shape index (κ2) is 5.68. The van der Waals surface area contributed by atoms with Gasteiger partial charge in [-0.25, -0.2) is 0 Å². The van der Waals surface area contributed by atoms with E-state index in [9.17, 15) is 20.2 Å². The van der Waals surface area contributed by atoms with Gasteiger partial charge in [-0.2, -0.15) is 15.8 Å². The monoisotopic (exact) mass is 306 g/mol. The Kier molecular flexibility index (Phi) is 3.76. The first-order chi connectivity index (χ1) is 10.9. The van der Waals surface area contributed by atoms with Gasteiger partial charge in [0.05, 0.1) is 4.92 Å². The molecular formula is C14H6N6O3. The van der Waals surface area contributed by atoms with Gasteiger partial charge in [-0.05, 0) is 17.7 Å². The SMILES string of the molecule is N#Cc1cc(-c2c(C#N)c(N)[nH]c(=O)c2C#N)ccc1[N+](=O)[O-]. The summed E-state index contributed by atoms with van der Waals surface area (Å²) >= 11 is 0. The van der Waals surface area contributed by atoms with E-state index in [1.165, 1.54) is 6.07 Å². The lowest BCUT2D eigenvalue weighted by atomic mass is 9.95. The zero-order valence-electron chi connectivity index (χ0n) is 11.3. The van der Waals surface area contributed by atoms with Gasteiger partial charge < -0.3 is 10.7 Å². The number of aromatic nitrogens is 1. The average Bonchev–Trinajstić information content (AvgIpc) is 2.53. The average molecular weight is 306 g/mol. The van der Waals surface area contributed by atoms with Crippen LogP contribution in [0.25, 0.3) is 11.1 Å². The zero-order chi connectivity index (χ0) is 17.1. The fourth-order valence-electron chi connectivity index (χ4n) is 2.07. The highest BCUT2D eigenvalue weighted by Gasteiger charge is 2.21. The number of pyridine rings is 1. The molecule has 0 unspecified atom stereocenters. The first-order valence-corrected chi connectivity index (χ1v) is 5.99. The van der Waals surface area contributed by atoms with Crippen LogP contribution in [0, 0.1) is 44.1 Å². The highest BCUT2D eigenvalue weighted by Crippen LogP contribution is 2.31. The van der Waals surface area contributed by atoms with E-state index in [-0.39, 0.29) is 33.6 Å². The minimum Gasteiger partial charge on any atom is -0.384 e. The number of hydrogen-bond donors (Lipinski definition) is 2. The predicted octanol–water partition coefficient (Wildman–Crippen LogP) is 1.15. The first kappa shape index (κ1) is 15.2. The second-order valence-electron chi connectivity index (χ2n) is 4.32. The zero-order valence-corrected chi connectivity index (χ0v) is 11.3. The summed E-state index contributed by atoms with van der Waals surface area (Å²) in [5, 5.41) is 38.2. The van der Waals surface area contributed by atoms with Gasteiger partial charge in [0, 0.05) is 11.6 Å². The molecule has 1 aromatic carbocycles. The molecule has 0 spiro atoms. The van der Waals surface area contributed by atoms with Crippen LogP contribution in [0.5, 0.6) is 0 Å². The Morgan fingerprint density at radius 2 is 1.78 bits per heavy atom. The van der Waals surface area contributed by atoms with Gasteiger partial charge in [-0.3, -0.25) is 14.9 Å². The van der Waals surface area contributed by atoms with Crippen molar-refractivity contribution < 1.29 is 4.92 Å². The maximum Gasteiger partial charge on any atom is 0.287 e. The van der Waals surface area contributed by atoms with Gasteiger partial charge in [0.15, 0.2) is 0 Å². The second-order valence-corrected chi connectivity index (χ2v) is 4.32. The number of nitrogens with two attached hydrogens (primary N) is 1. The van der Waals surface area contributed by atoms with Crippen LogP contribution < -0.4 is 11.3 Å². The lowest BCUT2D eigenvalue weighted by Crippen LogP contribution is -2.16. The van der Waals surface area contributed by atoms with Gasteiger partial charge in [-0.15, -0.1) is 0 Å². The molecule has 0 aliphatic rings. The van der Waals surface area contributed by atoms with Gasteiger partial charge in [0.25, 0.3) is 11.2 Å². The number of anilines is 1. The number of nitrogen functional groups attached to an aromatic ring is 1. The van der Waals surface area contributed by atoms with Crippen LogP contribution in [0.4, 0.5) is 11.5 Å². The molecule has 0 radical (unpaired) electrons. The molecule has 110 valence electrons. The molecule has 23 heavy (non-hydrogen) atoms. The summed E-state index contributed by atoms with van der Waals surface area (Å²) < 4.78 is 0. The van der Waals surface area contributed by atoms with Crippen molar-refractivity contribution in [3.05, 3.63) is 55.4 Å². The van der Waals surface area contributed by atoms with Crippen LogP contribution in [-0.2, 0) is 0 Å². The number of nitro benzene ring substituents is 1. The summed E-state index contributed by atoms with van der Waals surface area (Å²) in [5.41, 5.74) is 3.65. The van der Waals surface area contributed by atoms with Crippen LogP contribution >= 0.6 is 0 Å². The summed E-state index contributed by atoms with van der Waals surface area (Å²) in [6, 6.07) is 8.56. The Labute approximate surface area is 128 Å². The molecule has 1 heterocycles. The molecule has 3 N–H and O–H groups in total. The number of nitriles is 3. The highest BCUT2D eigenvalue weighted by atomic mass is 16.6. The first-order valence-electron chi connectivity index (χ1n) is 5.99. The van der Waals surface area contributed by atoms with E-state index in [1.807, 2.05) is 0 Å². The van der Waals surface area contributed by atoms with E-state index in [4.69, 9.17) is 16.3 Å². The molecule has 2 rings (SSSR count). The van der Waals surface area contributed by atoms with E-state index in [2.05, 4.69) is 4.98 Å². The molecule has 9 heteroatoms. The van der Waals surface area contributed by atoms with Crippen molar-refractivity contribution in [2.24, 2.45) is 0 Å². The summed E-state index contributed by atoms with van der Waals surface area (Å²) in [6.45, 7) is 0. The smallest absolute Gasteiger partial charge is 0.287 e. The number of rotatable bonds is 2. The number of nitrogens with one attached hydrogen (secondary N) is 1. The molecule has 0 amide bonds. The highest BCUT2D eigenvalue weighted by molar-refractivity contribution is 5.81. The van der Waals surface area contributed by atoms with Crippen molar-refractivity contribution in [3.63, 3.8) is 0 Å². The van der Waals surface area contributed by atoms with Crippen molar-refractivity contribution in [1.82, 2.24) is 4.98 Å². The van der Waals surface area contributed by atoms with Crippen LogP contribution in [-0.4, -0.2) is 9.91 Å². The molecule has 0 bridgehead atoms. The van der Waals surface area contributed by atoms with E-state index < -0.39 is 16.2 Å². The van der Waals surface area contributed by atoms with Gasteiger partial charge >= 0.3 is 0 Å². The molecule has 0 saturated carbocycles. The third-order valence-electron chi connectivity index (χ3n) is 3.07. The lowest BCUT2D eigenvalue weighted by molar-refractivity contribution is -0.385. The maximum absolute atomic E-state index is 11.8. The third kappa shape index (κ3) is 2.44. The van der Waals surface area contributed by atoms with Crippen molar-refractivity contribution in [3.8, 4) is 29.3 Å². The van der Waals surface area contributed by atoms with Crippen LogP contribution in [0.1, 0.15) is 16.7 Å². The molecule has 0 saturated heterocycles. The van der Waals surface area contributed by atoms with Crippen LogP contribution in [0.3, 0.4) is 0 Å². The Morgan fingerprint density at radius 3 is 2.30 bits per heavy atom. The molecule has 0 atom stereocenters. The number of benzene rings is 1.